The first-order valence-electron chi connectivity index (χ1n) is 6.00. The lowest BCUT2D eigenvalue weighted by Gasteiger charge is -2.06. The molecule has 1 amide bonds. The van der Waals surface area contributed by atoms with Gasteiger partial charge >= 0.3 is 0 Å². The molecular formula is C13H18N2O3S. The van der Waals surface area contributed by atoms with Crippen LogP contribution in [0.3, 0.4) is 0 Å². The van der Waals surface area contributed by atoms with Crippen molar-refractivity contribution in [1.82, 2.24) is 10.0 Å². The van der Waals surface area contributed by atoms with Gasteiger partial charge < -0.3 is 5.32 Å². The fraction of sp³-hybridized carbons (Fsp3) is 0.308. The minimum absolute atomic E-state index is 0.154. The summed E-state index contributed by atoms with van der Waals surface area (Å²) >= 11 is 0. The summed E-state index contributed by atoms with van der Waals surface area (Å²) in [5.41, 5.74) is 0.413. The molecule has 1 aromatic carbocycles. The monoisotopic (exact) mass is 282 g/mol. The van der Waals surface area contributed by atoms with Crippen LogP contribution in [-0.4, -0.2) is 27.4 Å². The molecule has 5 nitrogen and oxygen atoms in total. The molecule has 0 bridgehead atoms. The summed E-state index contributed by atoms with van der Waals surface area (Å²) in [4.78, 5) is 11.8. The maximum Gasteiger partial charge on any atom is 0.251 e. The van der Waals surface area contributed by atoms with Gasteiger partial charge in [-0.25, -0.2) is 13.1 Å². The zero-order valence-corrected chi connectivity index (χ0v) is 11.7. The Morgan fingerprint density at radius 1 is 1.32 bits per heavy atom. The van der Waals surface area contributed by atoms with Gasteiger partial charge in [0.2, 0.25) is 10.0 Å². The average molecular weight is 282 g/mol. The van der Waals surface area contributed by atoms with E-state index in [2.05, 4.69) is 16.6 Å². The van der Waals surface area contributed by atoms with Gasteiger partial charge in [-0.05, 0) is 30.7 Å². The molecule has 0 aliphatic heterocycles. The Labute approximate surface area is 113 Å². The van der Waals surface area contributed by atoms with Crippen LogP contribution in [0.1, 0.15) is 23.7 Å². The van der Waals surface area contributed by atoms with Crippen molar-refractivity contribution < 1.29 is 13.2 Å². The van der Waals surface area contributed by atoms with Crippen LogP contribution in [0.5, 0.6) is 0 Å². The molecule has 0 unspecified atom stereocenters. The van der Waals surface area contributed by atoms with Gasteiger partial charge in [0, 0.05) is 18.7 Å². The van der Waals surface area contributed by atoms with Gasteiger partial charge in [0.05, 0.1) is 4.90 Å². The van der Waals surface area contributed by atoms with E-state index in [1.165, 1.54) is 24.3 Å². The minimum Gasteiger partial charge on any atom is -0.349 e. The van der Waals surface area contributed by atoms with Crippen LogP contribution < -0.4 is 10.0 Å². The molecule has 0 aliphatic rings. The number of hydrogen-bond donors (Lipinski definition) is 2. The highest BCUT2D eigenvalue weighted by Gasteiger charge is 2.13. The lowest BCUT2D eigenvalue weighted by atomic mass is 10.2. The molecule has 0 aliphatic carbocycles. The first-order valence-corrected chi connectivity index (χ1v) is 7.48. The lowest BCUT2D eigenvalue weighted by molar-refractivity contribution is 0.0958. The smallest absolute Gasteiger partial charge is 0.251 e. The Morgan fingerprint density at radius 3 is 2.47 bits per heavy atom. The van der Waals surface area contributed by atoms with Crippen molar-refractivity contribution in [2.75, 3.05) is 13.1 Å². The van der Waals surface area contributed by atoms with Crippen molar-refractivity contribution in [2.24, 2.45) is 0 Å². The van der Waals surface area contributed by atoms with E-state index >= 15 is 0 Å². The van der Waals surface area contributed by atoms with Crippen molar-refractivity contribution in [1.29, 1.82) is 0 Å². The normalized spacial score (nSPS) is 11.0. The van der Waals surface area contributed by atoms with Gasteiger partial charge in [-0.15, -0.1) is 6.58 Å². The number of nitrogens with one attached hydrogen (secondary N) is 2. The molecule has 0 fully saturated rings. The van der Waals surface area contributed by atoms with Gasteiger partial charge in [0.15, 0.2) is 0 Å². The van der Waals surface area contributed by atoms with Crippen LogP contribution in [0.2, 0.25) is 0 Å². The van der Waals surface area contributed by atoms with Crippen LogP contribution in [0.25, 0.3) is 0 Å². The number of benzene rings is 1. The molecule has 19 heavy (non-hydrogen) atoms. The quantitative estimate of drug-likeness (QED) is 0.740. The summed E-state index contributed by atoms with van der Waals surface area (Å²) in [5.74, 6) is -0.259. The van der Waals surface area contributed by atoms with Gasteiger partial charge in [-0.1, -0.05) is 13.0 Å². The van der Waals surface area contributed by atoms with Gasteiger partial charge in [-0.2, -0.15) is 0 Å². The van der Waals surface area contributed by atoms with Crippen molar-refractivity contribution in [3.63, 3.8) is 0 Å². The lowest BCUT2D eigenvalue weighted by Crippen LogP contribution is -2.25. The Morgan fingerprint density at radius 2 is 1.95 bits per heavy atom. The first kappa shape index (κ1) is 15.4. The van der Waals surface area contributed by atoms with Crippen LogP contribution >= 0.6 is 0 Å². The Balaban J connectivity index is 2.81. The van der Waals surface area contributed by atoms with E-state index in [-0.39, 0.29) is 10.8 Å². The molecule has 0 radical (unpaired) electrons. The fourth-order valence-corrected chi connectivity index (χ4v) is 2.51. The van der Waals surface area contributed by atoms with Crippen LogP contribution in [0, 0.1) is 0 Å². The molecule has 1 aromatic rings. The number of carbonyl (C=O) groups is 1. The predicted molar refractivity (Wildman–Crippen MR) is 74.5 cm³/mol. The molecule has 6 heteroatoms. The van der Waals surface area contributed by atoms with Crippen LogP contribution in [0.4, 0.5) is 0 Å². The van der Waals surface area contributed by atoms with Crippen molar-refractivity contribution in [2.45, 2.75) is 18.2 Å². The van der Waals surface area contributed by atoms with E-state index < -0.39 is 10.0 Å². The molecule has 0 saturated carbocycles. The van der Waals surface area contributed by atoms with E-state index in [9.17, 15) is 13.2 Å². The zero-order valence-electron chi connectivity index (χ0n) is 10.8. The molecule has 0 aromatic heterocycles. The van der Waals surface area contributed by atoms with Gasteiger partial charge in [-0.3, -0.25) is 4.79 Å². The Kier molecular flexibility index (Phi) is 5.72. The summed E-state index contributed by atoms with van der Waals surface area (Å²) in [6.07, 6.45) is 2.30. The standard InChI is InChI=1S/C13H18N2O3S/c1-3-9-14-13(16)11-5-7-12(8-6-11)19(17,18)15-10-4-2/h3,5-8,15H,1,4,9-10H2,2H3,(H,14,16). The first-order chi connectivity index (χ1) is 9.01. The summed E-state index contributed by atoms with van der Waals surface area (Å²) in [6.45, 7) is 6.15. The maximum absolute atomic E-state index is 11.8. The number of amides is 1. The molecule has 0 spiro atoms. The largest absolute Gasteiger partial charge is 0.349 e. The molecule has 2 N–H and O–H groups in total. The summed E-state index contributed by atoms with van der Waals surface area (Å²) in [5, 5.41) is 2.62. The minimum atomic E-state index is -3.48. The highest BCUT2D eigenvalue weighted by Crippen LogP contribution is 2.10. The Bertz CT molecular complexity index is 536. The van der Waals surface area contributed by atoms with E-state index in [4.69, 9.17) is 0 Å². The van der Waals surface area contributed by atoms with Crippen molar-refractivity contribution in [3.8, 4) is 0 Å². The maximum atomic E-state index is 11.8. The van der Waals surface area contributed by atoms with Crippen molar-refractivity contribution >= 4 is 15.9 Å². The topological polar surface area (TPSA) is 75.3 Å². The third kappa shape index (κ3) is 4.50. The molecule has 0 saturated heterocycles. The third-order valence-corrected chi connectivity index (χ3v) is 3.85. The summed E-state index contributed by atoms with van der Waals surface area (Å²) < 4.78 is 26.1. The van der Waals surface area contributed by atoms with E-state index in [1.807, 2.05) is 6.92 Å². The second-order valence-corrected chi connectivity index (χ2v) is 5.69. The third-order valence-electron chi connectivity index (χ3n) is 2.38. The summed E-state index contributed by atoms with van der Waals surface area (Å²) in [7, 11) is -3.48. The molecular weight excluding hydrogens is 264 g/mol. The van der Waals surface area contributed by atoms with E-state index in [1.54, 1.807) is 6.08 Å². The zero-order chi connectivity index (χ0) is 14.3. The number of sulfonamides is 1. The van der Waals surface area contributed by atoms with E-state index in [0.717, 1.165) is 6.42 Å². The molecule has 1 rings (SSSR count). The number of hydrogen-bond acceptors (Lipinski definition) is 3. The SMILES string of the molecule is C=CCNC(=O)c1ccc(S(=O)(=O)NCCC)cc1. The summed E-state index contributed by atoms with van der Waals surface area (Å²) in [6, 6.07) is 5.81. The van der Waals surface area contributed by atoms with Crippen molar-refractivity contribution in [3.05, 3.63) is 42.5 Å². The number of carbonyl (C=O) groups excluding carboxylic acids is 1. The predicted octanol–water partition coefficient (Wildman–Crippen LogP) is 1.29. The molecule has 104 valence electrons. The highest BCUT2D eigenvalue weighted by atomic mass is 32.2. The van der Waals surface area contributed by atoms with Gasteiger partial charge in [0.1, 0.15) is 0 Å². The van der Waals surface area contributed by atoms with E-state index in [0.29, 0.717) is 18.7 Å². The number of rotatable bonds is 7. The second-order valence-electron chi connectivity index (χ2n) is 3.92. The highest BCUT2D eigenvalue weighted by molar-refractivity contribution is 7.89. The molecule has 0 heterocycles. The molecule has 0 atom stereocenters. The van der Waals surface area contributed by atoms with Crippen LogP contribution in [0.15, 0.2) is 41.8 Å². The second kappa shape index (κ2) is 7.06. The fourth-order valence-electron chi connectivity index (χ4n) is 1.37. The van der Waals surface area contributed by atoms with Gasteiger partial charge in [0.25, 0.3) is 5.91 Å². The van der Waals surface area contributed by atoms with Crippen LogP contribution in [-0.2, 0) is 10.0 Å². The average Bonchev–Trinajstić information content (AvgIpc) is 2.42. The Hall–Kier alpha value is -1.66.